The molecule has 1 fully saturated rings. The minimum atomic E-state index is 0.378. The maximum Gasteiger partial charge on any atom is 0.134 e. The van der Waals surface area contributed by atoms with Crippen molar-refractivity contribution in [3.63, 3.8) is 0 Å². The molecule has 1 atom stereocenters. The van der Waals surface area contributed by atoms with E-state index in [1.54, 1.807) is 18.4 Å². The maximum absolute atomic E-state index is 5.24. The van der Waals surface area contributed by atoms with Crippen LogP contribution in [-0.4, -0.2) is 35.3 Å². The zero-order valence-corrected chi connectivity index (χ0v) is 14.3. The number of hydrogen-bond acceptors (Lipinski definition) is 5. The Kier molecular flexibility index (Phi) is 4.74. The molecule has 0 radical (unpaired) electrons. The van der Waals surface area contributed by atoms with Crippen LogP contribution in [-0.2, 0) is 0 Å². The second-order valence-electron chi connectivity index (χ2n) is 5.92. The van der Waals surface area contributed by atoms with Crippen molar-refractivity contribution in [2.45, 2.75) is 38.6 Å². The second kappa shape index (κ2) is 6.75. The van der Waals surface area contributed by atoms with Crippen LogP contribution in [0.2, 0.25) is 0 Å². The Morgan fingerprint density at radius 1 is 1.18 bits per heavy atom. The molecule has 3 rings (SSSR count). The van der Waals surface area contributed by atoms with Gasteiger partial charge >= 0.3 is 0 Å². The number of piperidine rings is 1. The topological polar surface area (TPSA) is 38.2 Å². The van der Waals surface area contributed by atoms with Crippen LogP contribution in [0.3, 0.4) is 0 Å². The highest BCUT2D eigenvalue weighted by molar-refractivity contribution is 7.11. The highest BCUT2D eigenvalue weighted by atomic mass is 32.1. The molecule has 1 aromatic carbocycles. The highest BCUT2D eigenvalue weighted by Crippen LogP contribution is 2.33. The Balaban J connectivity index is 1.59. The molecule has 1 aromatic heterocycles. The van der Waals surface area contributed by atoms with Gasteiger partial charge < -0.3 is 4.74 Å². The van der Waals surface area contributed by atoms with E-state index in [0.29, 0.717) is 12.0 Å². The van der Waals surface area contributed by atoms with E-state index in [1.807, 2.05) is 6.92 Å². The van der Waals surface area contributed by atoms with Gasteiger partial charge in [0, 0.05) is 0 Å². The molecule has 0 bridgehead atoms. The van der Waals surface area contributed by atoms with E-state index in [1.165, 1.54) is 18.4 Å². The van der Waals surface area contributed by atoms with E-state index in [-0.39, 0.29) is 0 Å². The molecule has 0 spiro atoms. The van der Waals surface area contributed by atoms with E-state index in [2.05, 4.69) is 46.3 Å². The van der Waals surface area contributed by atoms with Gasteiger partial charge in [-0.25, -0.2) is 0 Å². The Morgan fingerprint density at radius 3 is 2.41 bits per heavy atom. The Bertz CT molecular complexity index is 603. The van der Waals surface area contributed by atoms with Gasteiger partial charge in [0.25, 0.3) is 0 Å². The Morgan fingerprint density at radius 2 is 1.86 bits per heavy atom. The van der Waals surface area contributed by atoms with Gasteiger partial charge in [-0.2, -0.15) is 0 Å². The molecule has 22 heavy (non-hydrogen) atoms. The lowest BCUT2D eigenvalue weighted by atomic mass is 9.89. The summed E-state index contributed by atoms with van der Waals surface area (Å²) in [5.41, 5.74) is 1.43. The lowest BCUT2D eigenvalue weighted by Gasteiger charge is -2.35. The molecule has 5 heteroatoms. The van der Waals surface area contributed by atoms with Crippen LogP contribution in [0.5, 0.6) is 5.75 Å². The van der Waals surface area contributed by atoms with Crippen LogP contribution in [0.4, 0.5) is 0 Å². The summed E-state index contributed by atoms with van der Waals surface area (Å²) >= 11 is 1.71. The van der Waals surface area contributed by atoms with Crippen molar-refractivity contribution in [1.82, 2.24) is 15.1 Å². The third-order valence-electron chi connectivity index (χ3n) is 4.56. The smallest absolute Gasteiger partial charge is 0.134 e. The number of rotatable bonds is 4. The number of aryl methyl sites for hydroxylation is 1. The van der Waals surface area contributed by atoms with Gasteiger partial charge in [-0.1, -0.05) is 12.1 Å². The molecule has 2 heterocycles. The summed E-state index contributed by atoms with van der Waals surface area (Å²) in [6, 6.07) is 8.92. The number of ether oxygens (including phenoxy) is 1. The molecule has 0 saturated carbocycles. The number of benzene rings is 1. The second-order valence-corrected chi connectivity index (χ2v) is 7.13. The highest BCUT2D eigenvalue weighted by Gasteiger charge is 2.26. The zero-order chi connectivity index (χ0) is 15.5. The fourth-order valence-electron chi connectivity index (χ4n) is 3.13. The average molecular weight is 317 g/mol. The largest absolute Gasteiger partial charge is 0.497 e. The van der Waals surface area contributed by atoms with Gasteiger partial charge in [-0.15, -0.1) is 21.5 Å². The molecule has 4 nitrogen and oxygen atoms in total. The molecule has 118 valence electrons. The molecular weight excluding hydrogens is 294 g/mol. The molecule has 1 aliphatic rings. The maximum atomic E-state index is 5.24. The number of nitrogens with zero attached hydrogens (tertiary/aromatic N) is 3. The third kappa shape index (κ3) is 3.31. The quantitative estimate of drug-likeness (QED) is 0.860. The average Bonchev–Trinajstić information content (AvgIpc) is 3.01. The van der Waals surface area contributed by atoms with Crippen molar-refractivity contribution in [2.24, 2.45) is 0 Å². The summed E-state index contributed by atoms with van der Waals surface area (Å²) in [5, 5.41) is 10.6. The predicted octanol–water partition coefficient (Wildman–Crippen LogP) is 3.80. The van der Waals surface area contributed by atoms with Crippen LogP contribution in [0.1, 0.15) is 47.3 Å². The Labute approximate surface area is 136 Å². The van der Waals surface area contributed by atoms with Crippen molar-refractivity contribution in [2.75, 3.05) is 20.2 Å². The van der Waals surface area contributed by atoms with Crippen molar-refractivity contribution in [3.05, 3.63) is 39.8 Å². The first kappa shape index (κ1) is 15.4. The van der Waals surface area contributed by atoms with Crippen LogP contribution in [0.25, 0.3) is 0 Å². The van der Waals surface area contributed by atoms with E-state index in [0.717, 1.165) is 28.9 Å². The van der Waals surface area contributed by atoms with Crippen LogP contribution in [0.15, 0.2) is 24.3 Å². The van der Waals surface area contributed by atoms with Crippen molar-refractivity contribution in [3.8, 4) is 5.75 Å². The number of aromatic nitrogens is 2. The van der Waals surface area contributed by atoms with E-state index in [9.17, 15) is 0 Å². The van der Waals surface area contributed by atoms with Gasteiger partial charge in [0.05, 0.1) is 13.2 Å². The van der Waals surface area contributed by atoms with Gasteiger partial charge in [0.2, 0.25) is 0 Å². The first-order valence-corrected chi connectivity index (χ1v) is 8.67. The van der Waals surface area contributed by atoms with E-state index < -0.39 is 0 Å². The third-order valence-corrected chi connectivity index (χ3v) is 5.57. The minimum Gasteiger partial charge on any atom is -0.497 e. The molecule has 0 N–H and O–H groups in total. The van der Waals surface area contributed by atoms with Gasteiger partial charge in [0.15, 0.2) is 0 Å². The first-order valence-electron chi connectivity index (χ1n) is 7.85. The molecule has 1 aliphatic heterocycles. The van der Waals surface area contributed by atoms with Gasteiger partial charge in [-0.3, -0.25) is 4.90 Å². The van der Waals surface area contributed by atoms with Gasteiger partial charge in [-0.05, 0) is 63.4 Å². The zero-order valence-electron chi connectivity index (χ0n) is 13.5. The van der Waals surface area contributed by atoms with E-state index in [4.69, 9.17) is 4.74 Å². The van der Waals surface area contributed by atoms with Crippen molar-refractivity contribution >= 4 is 11.3 Å². The summed E-state index contributed by atoms with van der Waals surface area (Å²) in [7, 11) is 1.71. The number of likely N-dealkylation sites (tertiary alicyclic amines) is 1. The normalized spacial score (nSPS) is 18.3. The fourth-order valence-corrected chi connectivity index (χ4v) is 3.92. The molecule has 0 aliphatic carbocycles. The molecule has 0 amide bonds. The van der Waals surface area contributed by atoms with E-state index >= 15 is 0 Å². The van der Waals surface area contributed by atoms with Crippen LogP contribution < -0.4 is 4.74 Å². The summed E-state index contributed by atoms with van der Waals surface area (Å²) in [5.74, 6) is 1.59. The molecule has 1 saturated heterocycles. The number of methoxy groups -OCH3 is 1. The van der Waals surface area contributed by atoms with Crippen molar-refractivity contribution in [1.29, 1.82) is 0 Å². The van der Waals surface area contributed by atoms with Gasteiger partial charge in [0.1, 0.15) is 15.8 Å². The lowest BCUT2D eigenvalue weighted by Crippen LogP contribution is -2.35. The van der Waals surface area contributed by atoms with Crippen LogP contribution in [0, 0.1) is 6.92 Å². The standard InChI is InChI=1S/C17H23N3OS/c1-12(17-19-18-13(2)22-17)20-10-8-15(9-11-20)14-4-6-16(21-3)7-5-14/h4-7,12,15H,8-11H2,1-3H3. The fraction of sp³-hybridized carbons (Fsp3) is 0.529. The minimum absolute atomic E-state index is 0.378. The first-order chi connectivity index (χ1) is 10.7. The Hall–Kier alpha value is -1.46. The van der Waals surface area contributed by atoms with Crippen LogP contribution >= 0.6 is 11.3 Å². The van der Waals surface area contributed by atoms with Crippen molar-refractivity contribution < 1.29 is 4.74 Å². The summed E-state index contributed by atoms with van der Waals surface area (Å²) in [4.78, 5) is 2.53. The molecule has 1 unspecified atom stereocenters. The molecular formula is C17H23N3OS. The number of hydrogen-bond donors (Lipinski definition) is 0. The summed E-state index contributed by atoms with van der Waals surface area (Å²) in [6.45, 7) is 6.50. The monoisotopic (exact) mass is 317 g/mol. The molecule has 2 aromatic rings. The predicted molar refractivity (Wildman–Crippen MR) is 89.6 cm³/mol. The SMILES string of the molecule is COc1ccc(C2CCN(C(C)c3nnc(C)s3)CC2)cc1. The summed E-state index contributed by atoms with van der Waals surface area (Å²) < 4.78 is 5.24. The summed E-state index contributed by atoms with van der Waals surface area (Å²) in [6.07, 6.45) is 2.41. The lowest BCUT2D eigenvalue weighted by molar-refractivity contribution is 0.161.